The Hall–Kier alpha value is -2.77. The molecule has 0 radical (unpaired) electrons. The van der Waals surface area contributed by atoms with E-state index in [9.17, 15) is 14.4 Å². The summed E-state index contributed by atoms with van der Waals surface area (Å²) in [6.07, 6.45) is 0.435. The van der Waals surface area contributed by atoms with Gasteiger partial charge in [-0.1, -0.05) is 0 Å². The third kappa shape index (κ3) is 5.17. The number of carbonyl (C=O) groups is 3. The van der Waals surface area contributed by atoms with Crippen LogP contribution in [0, 0.1) is 0 Å². The average Bonchev–Trinajstić information content (AvgIpc) is 2.93. The maximum Gasteiger partial charge on any atom is 0.328 e. The lowest BCUT2D eigenvalue weighted by atomic mass is 10.2. The molecule has 8 heteroatoms. The second-order valence-corrected chi connectivity index (χ2v) is 4.84. The molecule has 1 aliphatic heterocycles. The first-order valence-corrected chi connectivity index (χ1v) is 7.32. The molecule has 3 amide bonds. The van der Waals surface area contributed by atoms with Gasteiger partial charge in [0.2, 0.25) is 5.91 Å². The molecule has 3 N–H and O–H groups in total. The number of esters is 1. The predicted octanol–water partition coefficient (Wildman–Crippen LogP) is 0.638. The zero-order valence-electron chi connectivity index (χ0n) is 12.8. The van der Waals surface area contributed by atoms with Crippen LogP contribution in [0.5, 0.6) is 5.75 Å². The van der Waals surface area contributed by atoms with Crippen LogP contribution in [-0.2, 0) is 14.3 Å². The van der Waals surface area contributed by atoms with Crippen LogP contribution >= 0.6 is 0 Å². The predicted molar refractivity (Wildman–Crippen MR) is 82.1 cm³/mol. The number of anilines is 1. The smallest absolute Gasteiger partial charge is 0.328 e. The Balaban J connectivity index is 1.71. The van der Waals surface area contributed by atoms with Crippen molar-refractivity contribution in [2.75, 3.05) is 25.1 Å². The molecule has 1 atom stereocenters. The van der Waals surface area contributed by atoms with Crippen molar-refractivity contribution in [2.45, 2.75) is 19.4 Å². The maximum absolute atomic E-state index is 11.8. The molecule has 1 heterocycles. The van der Waals surface area contributed by atoms with E-state index in [0.29, 0.717) is 31.1 Å². The molecule has 0 aromatic heterocycles. The van der Waals surface area contributed by atoms with E-state index in [0.717, 1.165) is 0 Å². The fourth-order valence-corrected chi connectivity index (χ4v) is 2.00. The summed E-state index contributed by atoms with van der Waals surface area (Å²) < 4.78 is 10.0. The van der Waals surface area contributed by atoms with Gasteiger partial charge in [0, 0.05) is 12.1 Å². The highest BCUT2D eigenvalue weighted by atomic mass is 16.5. The van der Waals surface area contributed by atoms with Gasteiger partial charge < -0.3 is 25.4 Å². The molecule has 124 valence electrons. The first-order chi connectivity index (χ1) is 11.1. The van der Waals surface area contributed by atoms with Crippen LogP contribution in [0.3, 0.4) is 0 Å². The Morgan fingerprint density at radius 1 is 1.30 bits per heavy atom. The van der Waals surface area contributed by atoms with Gasteiger partial charge in [0.05, 0.1) is 19.8 Å². The number of ether oxygens (including phenoxy) is 2. The van der Waals surface area contributed by atoms with Crippen LogP contribution in [0.4, 0.5) is 10.5 Å². The third-order valence-corrected chi connectivity index (χ3v) is 3.10. The van der Waals surface area contributed by atoms with Crippen molar-refractivity contribution in [1.29, 1.82) is 0 Å². The lowest BCUT2D eigenvalue weighted by Gasteiger charge is -2.11. The van der Waals surface area contributed by atoms with Crippen molar-refractivity contribution >= 4 is 23.6 Å². The molecule has 1 aromatic carbocycles. The van der Waals surface area contributed by atoms with E-state index in [2.05, 4.69) is 16.0 Å². The molecule has 1 saturated heterocycles. The Bertz CT molecular complexity index is 573. The zero-order valence-corrected chi connectivity index (χ0v) is 12.8. The van der Waals surface area contributed by atoms with Crippen molar-refractivity contribution in [3.63, 3.8) is 0 Å². The number of rotatable bonds is 6. The summed E-state index contributed by atoms with van der Waals surface area (Å²) >= 11 is 0. The molecule has 0 bridgehead atoms. The van der Waals surface area contributed by atoms with Crippen molar-refractivity contribution in [2.24, 2.45) is 0 Å². The maximum atomic E-state index is 11.8. The normalized spacial score (nSPS) is 16.4. The molecule has 1 fully saturated rings. The standard InChI is InChI=1S/C15H19N3O5/c1-2-22-11-5-3-10(4-6-11)17-13(19)9-16-15(21)18-12-7-8-23-14(12)20/h3-6,12H,2,7-9H2,1H3,(H,17,19)(H2,16,18,21)/t12-/m0/s1. The Morgan fingerprint density at radius 2 is 2.04 bits per heavy atom. The van der Waals surface area contributed by atoms with Gasteiger partial charge in [-0.05, 0) is 31.2 Å². The highest BCUT2D eigenvalue weighted by Gasteiger charge is 2.27. The number of benzene rings is 1. The average molecular weight is 321 g/mol. The molecular formula is C15H19N3O5. The van der Waals surface area contributed by atoms with Crippen molar-refractivity contribution in [3.05, 3.63) is 24.3 Å². The summed E-state index contributed by atoms with van der Waals surface area (Å²) in [5, 5.41) is 7.48. The molecule has 23 heavy (non-hydrogen) atoms. The van der Waals surface area contributed by atoms with E-state index in [1.54, 1.807) is 24.3 Å². The Morgan fingerprint density at radius 3 is 2.65 bits per heavy atom. The minimum absolute atomic E-state index is 0.208. The van der Waals surface area contributed by atoms with Gasteiger partial charge in [-0.15, -0.1) is 0 Å². The molecule has 0 saturated carbocycles. The van der Waals surface area contributed by atoms with Crippen LogP contribution in [0.1, 0.15) is 13.3 Å². The summed E-state index contributed by atoms with van der Waals surface area (Å²) in [7, 11) is 0. The van der Waals surface area contributed by atoms with Gasteiger partial charge in [0.25, 0.3) is 0 Å². The van der Waals surface area contributed by atoms with E-state index in [4.69, 9.17) is 9.47 Å². The van der Waals surface area contributed by atoms with Crippen molar-refractivity contribution < 1.29 is 23.9 Å². The van der Waals surface area contributed by atoms with Crippen LogP contribution in [0.2, 0.25) is 0 Å². The zero-order chi connectivity index (χ0) is 16.7. The summed E-state index contributed by atoms with van der Waals surface area (Å²) in [4.78, 5) is 34.6. The van der Waals surface area contributed by atoms with Crippen LogP contribution in [-0.4, -0.2) is 43.7 Å². The van der Waals surface area contributed by atoms with E-state index in [-0.39, 0.29) is 12.5 Å². The molecule has 1 aliphatic rings. The summed E-state index contributed by atoms with van der Waals surface area (Å²) in [6.45, 7) is 2.54. The molecule has 1 aromatic rings. The van der Waals surface area contributed by atoms with E-state index in [1.165, 1.54) is 0 Å². The minimum atomic E-state index is -0.649. The number of hydrogen-bond donors (Lipinski definition) is 3. The minimum Gasteiger partial charge on any atom is -0.494 e. The number of carbonyl (C=O) groups excluding carboxylic acids is 3. The van der Waals surface area contributed by atoms with Crippen molar-refractivity contribution in [1.82, 2.24) is 10.6 Å². The molecule has 0 unspecified atom stereocenters. The van der Waals surface area contributed by atoms with Crippen LogP contribution in [0.15, 0.2) is 24.3 Å². The molecule has 2 rings (SSSR count). The number of urea groups is 1. The van der Waals surface area contributed by atoms with Gasteiger partial charge in [-0.25, -0.2) is 9.59 Å². The van der Waals surface area contributed by atoms with E-state index >= 15 is 0 Å². The summed E-state index contributed by atoms with van der Waals surface area (Å²) in [6, 6.07) is 5.66. The van der Waals surface area contributed by atoms with Gasteiger partial charge in [-0.3, -0.25) is 4.79 Å². The second-order valence-electron chi connectivity index (χ2n) is 4.84. The molecule has 0 spiro atoms. The van der Waals surface area contributed by atoms with Gasteiger partial charge in [0.15, 0.2) is 0 Å². The molecular weight excluding hydrogens is 302 g/mol. The first-order valence-electron chi connectivity index (χ1n) is 7.32. The fraction of sp³-hybridized carbons (Fsp3) is 0.400. The van der Waals surface area contributed by atoms with E-state index in [1.807, 2.05) is 6.92 Å². The fourth-order valence-electron chi connectivity index (χ4n) is 2.00. The number of nitrogens with one attached hydrogen (secondary N) is 3. The lowest BCUT2D eigenvalue weighted by Crippen LogP contribution is -2.46. The highest BCUT2D eigenvalue weighted by molar-refractivity contribution is 5.94. The number of amides is 3. The van der Waals surface area contributed by atoms with Crippen molar-refractivity contribution in [3.8, 4) is 5.75 Å². The number of cyclic esters (lactones) is 1. The third-order valence-electron chi connectivity index (χ3n) is 3.10. The topological polar surface area (TPSA) is 106 Å². The van der Waals surface area contributed by atoms with Crippen LogP contribution < -0.4 is 20.7 Å². The second kappa shape index (κ2) is 8.02. The van der Waals surface area contributed by atoms with E-state index < -0.39 is 18.0 Å². The molecule has 0 aliphatic carbocycles. The van der Waals surface area contributed by atoms with Crippen LogP contribution in [0.25, 0.3) is 0 Å². The van der Waals surface area contributed by atoms with Gasteiger partial charge in [-0.2, -0.15) is 0 Å². The Kier molecular flexibility index (Phi) is 5.79. The van der Waals surface area contributed by atoms with Gasteiger partial charge in [0.1, 0.15) is 11.8 Å². The lowest BCUT2D eigenvalue weighted by molar-refractivity contribution is -0.139. The highest BCUT2D eigenvalue weighted by Crippen LogP contribution is 2.15. The largest absolute Gasteiger partial charge is 0.494 e. The summed E-state index contributed by atoms with van der Waals surface area (Å²) in [5.41, 5.74) is 0.597. The Labute approximate surface area is 133 Å². The molecule has 8 nitrogen and oxygen atoms in total. The monoisotopic (exact) mass is 321 g/mol. The first kappa shape index (κ1) is 16.6. The van der Waals surface area contributed by atoms with Gasteiger partial charge >= 0.3 is 12.0 Å². The number of hydrogen-bond acceptors (Lipinski definition) is 5. The quantitative estimate of drug-likeness (QED) is 0.667. The summed E-state index contributed by atoms with van der Waals surface area (Å²) in [5.74, 6) is -0.122. The SMILES string of the molecule is CCOc1ccc(NC(=O)CNC(=O)N[C@H]2CCOC2=O)cc1.